The lowest BCUT2D eigenvalue weighted by Crippen LogP contribution is -2.47. The van der Waals surface area contributed by atoms with Crippen LogP contribution < -0.4 is 10.6 Å². The number of carbonyl (C=O) groups excluding carboxylic acids is 3. The number of hydrogen-bond acceptors (Lipinski definition) is 4. The molecule has 0 bridgehead atoms. The van der Waals surface area contributed by atoms with Crippen molar-refractivity contribution >= 4 is 17.8 Å². The lowest BCUT2D eigenvalue weighted by Gasteiger charge is -2.21. The van der Waals surface area contributed by atoms with Crippen molar-refractivity contribution in [1.29, 1.82) is 0 Å². The Morgan fingerprint density at radius 3 is 2.63 bits per heavy atom. The van der Waals surface area contributed by atoms with Crippen LogP contribution in [0.2, 0.25) is 0 Å². The van der Waals surface area contributed by atoms with Crippen LogP contribution in [0.3, 0.4) is 0 Å². The van der Waals surface area contributed by atoms with Crippen molar-refractivity contribution < 1.29 is 18.8 Å². The molecule has 1 aromatic heterocycles. The fraction of sp³-hybridized carbons (Fsp3) is 0.350. The first-order chi connectivity index (χ1) is 13.0. The van der Waals surface area contributed by atoms with E-state index in [1.165, 1.54) is 6.26 Å². The molecule has 4 rings (SSSR count). The maximum atomic E-state index is 12.7. The van der Waals surface area contributed by atoms with Crippen molar-refractivity contribution in [2.24, 2.45) is 5.92 Å². The van der Waals surface area contributed by atoms with Gasteiger partial charge in [-0.3, -0.25) is 14.5 Å². The average Bonchev–Trinajstić information content (AvgIpc) is 3.35. The molecule has 1 aliphatic carbocycles. The Kier molecular flexibility index (Phi) is 4.22. The van der Waals surface area contributed by atoms with Gasteiger partial charge < -0.3 is 15.1 Å². The number of rotatable bonds is 6. The molecule has 0 radical (unpaired) electrons. The third-order valence-corrected chi connectivity index (χ3v) is 5.26. The molecule has 2 aliphatic rings. The largest absolute Gasteiger partial charge is 0.467 e. The normalized spacial score (nSPS) is 23.2. The van der Waals surface area contributed by atoms with Crippen molar-refractivity contribution in [3.05, 3.63) is 60.1 Å². The minimum Gasteiger partial charge on any atom is -0.467 e. The summed E-state index contributed by atoms with van der Waals surface area (Å²) < 4.78 is 5.46. The summed E-state index contributed by atoms with van der Waals surface area (Å²) >= 11 is 0. The van der Waals surface area contributed by atoms with Crippen molar-refractivity contribution in [3.63, 3.8) is 0 Å². The molecular weight excluding hydrogens is 346 g/mol. The predicted octanol–water partition coefficient (Wildman–Crippen LogP) is 2.21. The second kappa shape index (κ2) is 6.57. The first kappa shape index (κ1) is 17.3. The highest BCUT2D eigenvalue weighted by Crippen LogP contribution is 2.42. The number of carbonyl (C=O) groups is 3. The third-order valence-electron chi connectivity index (χ3n) is 5.26. The quantitative estimate of drug-likeness (QED) is 0.766. The zero-order valence-electron chi connectivity index (χ0n) is 15.0. The van der Waals surface area contributed by atoms with E-state index in [9.17, 15) is 14.4 Å². The number of imide groups is 1. The summed E-state index contributed by atoms with van der Waals surface area (Å²) in [6.45, 7) is 1.41. The van der Waals surface area contributed by atoms with E-state index in [4.69, 9.17) is 4.42 Å². The van der Waals surface area contributed by atoms with Gasteiger partial charge in [0.15, 0.2) is 0 Å². The van der Waals surface area contributed by atoms with E-state index < -0.39 is 23.5 Å². The van der Waals surface area contributed by atoms with Gasteiger partial charge in [-0.1, -0.05) is 30.3 Å². The monoisotopic (exact) mass is 367 g/mol. The highest BCUT2D eigenvalue weighted by Gasteiger charge is 2.56. The summed E-state index contributed by atoms with van der Waals surface area (Å²) in [5.74, 6) is -0.0278. The number of nitrogens with zero attached hydrogens (tertiary/aromatic N) is 1. The SMILES string of the molecule is CC1(C2CC2)NC(=O)N(CC(=O)NC(c2ccccc2)c2ccco2)C1=O. The van der Waals surface area contributed by atoms with E-state index in [0.29, 0.717) is 5.76 Å². The van der Waals surface area contributed by atoms with Crippen LogP contribution in [-0.4, -0.2) is 34.8 Å². The standard InChI is InChI=1S/C20H21N3O4/c1-20(14-9-10-14)18(25)23(19(26)22-20)12-16(24)21-17(15-8-5-11-27-15)13-6-3-2-4-7-13/h2-8,11,14,17H,9-10,12H2,1H3,(H,21,24)(H,22,26). The molecule has 4 amide bonds. The summed E-state index contributed by atoms with van der Waals surface area (Å²) in [6.07, 6.45) is 3.37. The molecule has 2 atom stereocenters. The summed E-state index contributed by atoms with van der Waals surface area (Å²) in [7, 11) is 0. The number of furan rings is 1. The van der Waals surface area contributed by atoms with Crippen LogP contribution in [-0.2, 0) is 9.59 Å². The Labute approximate surface area is 156 Å². The molecule has 27 heavy (non-hydrogen) atoms. The van der Waals surface area contributed by atoms with Crippen LogP contribution >= 0.6 is 0 Å². The van der Waals surface area contributed by atoms with Gasteiger partial charge in [-0.05, 0) is 43.4 Å². The first-order valence-electron chi connectivity index (χ1n) is 9.01. The number of nitrogens with one attached hydrogen (secondary N) is 2. The summed E-state index contributed by atoms with van der Waals surface area (Å²) in [6, 6.07) is 11.9. The minimum atomic E-state index is -0.892. The van der Waals surface area contributed by atoms with Gasteiger partial charge in [0.1, 0.15) is 23.9 Å². The lowest BCUT2D eigenvalue weighted by atomic mass is 9.96. The highest BCUT2D eigenvalue weighted by atomic mass is 16.3. The van der Waals surface area contributed by atoms with E-state index in [2.05, 4.69) is 10.6 Å². The Morgan fingerprint density at radius 2 is 2.00 bits per heavy atom. The van der Waals surface area contributed by atoms with Gasteiger partial charge in [-0.25, -0.2) is 4.79 Å². The number of urea groups is 1. The van der Waals surface area contributed by atoms with E-state index >= 15 is 0 Å². The molecule has 2 heterocycles. The molecule has 140 valence electrons. The first-order valence-corrected chi connectivity index (χ1v) is 9.01. The smallest absolute Gasteiger partial charge is 0.325 e. The van der Waals surface area contributed by atoms with Crippen LogP contribution in [0.4, 0.5) is 4.79 Å². The van der Waals surface area contributed by atoms with E-state index in [1.807, 2.05) is 30.3 Å². The molecule has 1 aliphatic heterocycles. The van der Waals surface area contributed by atoms with Crippen LogP contribution in [0.5, 0.6) is 0 Å². The fourth-order valence-electron chi connectivity index (χ4n) is 3.57. The maximum Gasteiger partial charge on any atom is 0.325 e. The number of hydrogen-bond donors (Lipinski definition) is 2. The Bertz CT molecular complexity index is 861. The molecule has 1 saturated heterocycles. The maximum absolute atomic E-state index is 12.7. The molecule has 2 N–H and O–H groups in total. The van der Waals surface area contributed by atoms with E-state index in [0.717, 1.165) is 23.3 Å². The minimum absolute atomic E-state index is 0.155. The zero-order valence-corrected chi connectivity index (χ0v) is 15.0. The Balaban J connectivity index is 1.49. The van der Waals surface area contributed by atoms with Crippen LogP contribution in [0.25, 0.3) is 0 Å². The van der Waals surface area contributed by atoms with Gasteiger partial charge >= 0.3 is 6.03 Å². The Morgan fingerprint density at radius 1 is 1.26 bits per heavy atom. The zero-order chi connectivity index (χ0) is 19.0. The van der Waals surface area contributed by atoms with Gasteiger partial charge in [0.2, 0.25) is 5.91 Å². The summed E-state index contributed by atoms with van der Waals surface area (Å²) in [5.41, 5.74) is -0.0437. The molecule has 7 heteroatoms. The molecule has 1 saturated carbocycles. The van der Waals surface area contributed by atoms with Gasteiger partial charge in [-0.2, -0.15) is 0 Å². The van der Waals surface area contributed by atoms with Gasteiger partial charge in [-0.15, -0.1) is 0 Å². The second-order valence-corrected chi connectivity index (χ2v) is 7.22. The molecule has 1 aromatic carbocycles. The topological polar surface area (TPSA) is 91.7 Å². The van der Waals surface area contributed by atoms with Crippen molar-refractivity contribution in [2.45, 2.75) is 31.3 Å². The van der Waals surface area contributed by atoms with Gasteiger partial charge in [0, 0.05) is 0 Å². The fourth-order valence-corrected chi connectivity index (χ4v) is 3.57. The van der Waals surface area contributed by atoms with Crippen LogP contribution in [0.1, 0.15) is 37.1 Å². The lowest BCUT2D eigenvalue weighted by molar-refractivity contribution is -0.135. The molecule has 2 unspecified atom stereocenters. The third kappa shape index (κ3) is 3.20. The van der Waals surface area contributed by atoms with Crippen molar-refractivity contribution in [1.82, 2.24) is 15.5 Å². The molecule has 2 aromatic rings. The predicted molar refractivity (Wildman–Crippen MR) is 96.5 cm³/mol. The summed E-state index contributed by atoms with van der Waals surface area (Å²) in [5, 5.41) is 5.62. The average molecular weight is 367 g/mol. The van der Waals surface area contributed by atoms with Crippen molar-refractivity contribution in [2.75, 3.05) is 6.54 Å². The summed E-state index contributed by atoms with van der Waals surface area (Å²) in [4.78, 5) is 38.6. The molecule has 0 spiro atoms. The molecular formula is C20H21N3O4. The van der Waals surface area contributed by atoms with Gasteiger partial charge in [0.25, 0.3) is 5.91 Å². The Hall–Kier alpha value is -3.09. The number of amides is 4. The second-order valence-electron chi connectivity index (χ2n) is 7.22. The van der Waals surface area contributed by atoms with E-state index in [-0.39, 0.29) is 18.4 Å². The van der Waals surface area contributed by atoms with Crippen LogP contribution in [0.15, 0.2) is 53.1 Å². The van der Waals surface area contributed by atoms with Gasteiger partial charge in [0.05, 0.1) is 6.26 Å². The number of benzene rings is 1. The highest BCUT2D eigenvalue weighted by molar-refractivity contribution is 6.09. The van der Waals surface area contributed by atoms with Crippen LogP contribution in [0, 0.1) is 5.92 Å². The molecule has 2 fully saturated rings. The van der Waals surface area contributed by atoms with Crippen molar-refractivity contribution in [3.8, 4) is 0 Å². The van der Waals surface area contributed by atoms with E-state index in [1.54, 1.807) is 19.1 Å². The molecule has 7 nitrogen and oxygen atoms in total.